The third kappa shape index (κ3) is 3.16. The summed E-state index contributed by atoms with van der Waals surface area (Å²) in [4.78, 5) is 14.1. The van der Waals surface area contributed by atoms with E-state index in [9.17, 15) is 4.79 Å². The van der Waals surface area contributed by atoms with E-state index < -0.39 is 5.60 Å². The van der Waals surface area contributed by atoms with E-state index >= 15 is 0 Å². The summed E-state index contributed by atoms with van der Waals surface area (Å²) in [5.41, 5.74) is -0.321. The second-order valence-electron chi connectivity index (χ2n) is 6.53. The fourth-order valence-corrected chi connectivity index (χ4v) is 2.49. The molecule has 1 aliphatic heterocycles. The molecule has 0 radical (unpaired) electrons. The van der Waals surface area contributed by atoms with Crippen molar-refractivity contribution < 1.29 is 14.3 Å². The smallest absolute Gasteiger partial charge is 0.410 e. The molecule has 0 aromatic carbocycles. The van der Waals surface area contributed by atoms with Crippen molar-refractivity contribution in [2.75, 3.05) is 13.2 Å². The molecule has 0 aromatic rings. The Bertz CT molecular complexity index is 317. The van der Waals surface area contributed by atoms with Crippen LogP contribution in [0.3, 0.4) is 0 Å². The summed E-state index contributed by atoms with van der Waals surface area (Å²) in [6.07, 6.45) is 4.03. The molecule has 0 aromatic heterocycles. The SMILES string of the molecule is CCCN(C(=O)OC(C)(C)C)C1COC2(CC2)C1. The molecule has 1 saturated carbocycles. The average molecular weight is 255 g/mol. The highest BCUT2D eigenvalue weighted by atomic mass is 16.6. The van der Waals surface area contributed by atoms with Gasteiger partial charge in [-0.05, 0) is 46.5 Å². The number of carbonyl (C=O) groups is 1. The maximum atomic E-state index is 12.2. The molecule has 1 saturated heterocycles. The minimum Gasteiger partial charge on any atom is -0.444 e. The molecular weight excluding hydrogens is 230 g/mol. The Morgan fingerprint density at radius 2 is 2.11 bits per heavy atom. The zero-order chi connectivity index (χ0) is 13.4. The van der Waals surface area contributed by atoms with Gasteiger partial charge < -0.3 is 14.4 Å². The zero-order valence-electron chi connectivity index (χ0n) is 12.0. The number of nitrogens with zero attached hydrogens (tertiary/aromatic N) is 1. The molecule has 2 rings (SSSR count). The summed E-state index contributed by atoms with van der Waals surface area (Å²) in [6.45, 7) is 9.21. The third-order valence-corrected chi connectivity index (χ3v) is 3.53. The van der Waals surface area contributed by atoms with Gasteiger partial charge in [-0.3, -0.25) is 0 Å². The monoisotopic (exact) mass is 255 g/mol. The van der Waals surface area contributed by atoms with Crippen LogP contribution < -0.4 is 0 Å². The number of carbonyl (C=O) groups excluding carboxylic acids is 1. The Labute approximate surface area is 110 Å². The fourth-order valence-electron chi connectivity index (χ4n) is 2.49. The molecule has 0 bridgehead atoms. The van der Waals surface area contributed by atoms with Gasteiger partial charge in [-0.2, -0.15) is 0 Å². The Morgan fingerprint density at radius 3 is 2.56 bits per heavy atom. The van der Waals surface area contributed by atoms with E-state index in [-0.39, 0.29) is 17.7 Å². The lowest BCUT2D eigenvalue weighted by Gasteiger charge is -2.30. The number of hydrogen-bond donors (Lipinski definition) is 0. The lowest BCUT2D eigenvalue weighted by molar-refractivity contribution is 0.0139. The van der Waals surface area contributed by atoms with Crippen LogP contribution in [0.2, 0.25) is 0 Å². The van der Waals surface area contributed by atoms with Gasteiger partial charge >= 0.3 is 6.09 Å². The van der Waals surface area contributed by atoms with Crippen LogP contribution in [0.1, 0.15) is 53.4 Å². The van der Waals surface area contributed by atoms with Crippen molar-refractivity contribution in [1.82, 2.24) is 4.90 Å². The molecule has 4 nitrogen and oxygen atoms in total. The van der Waals surface area contributed by atoms with Crippen molar-refractivity contribution in [3.8, 4) is 0 Å². The van der Waals surface area contributed by atoms with Gasteiger partial charge in [0.25, 0.3) is 0 Å². The predicted molar refractivity (Wildman–Crippen MR) is 69.6 cm³/mol. The molecule has 1 atom stereocenters. The molecule has 1 amide bonds. The van der Waals surface area contributed by atoms with Gasteiger partial charge in [0.15, 0.2) is 0 Å². The topological polar surface area (TPSA) is 38.8 Å². The van der Waals surface area contributed by atoms with Gasteiger partial charge in [-0.15, -0.1) is 0 Å². The zero-order valence-corrected chi connectivity index (χ0v) is 12.0. The van der Waals surface area contributed by atoms with E-state index in [1.807, 2.05) is 25.7 Å². The van der Waals surface area contributed by atoms with Gasteiger partial charge in [-0.1, -0.05) is 6.92 Å². The Hall–Kier alpha value is -0.770. The van der Waals surface area contributed by atoms with Crippen LogP contribution in [-0.4, -0.2) is 41.4 Å². The molecule has 104 valence electrons. The van der Waals surface area contributed by atoms with Crippen LogP contribution in [0.15, 0.2) is 0 Å². The largest absolute Gasteiger partial charge is 0.444 e. The first-order valence-electron chi connectivity index (χ1n) is 6.99. The van der Waals surface area contributed by atoms with Crippen molar-refractivity contribution in [3.63, 3.8) is 0 Å². The summed E-state index contributed by atoms with van der Waals surface area (Å²) in [5.74, 6) is 0. The summed E-state index contributed by atoms with van der Waals surface area (Å²) >= 11 is 0. The molecule has 2 fully saturated rings. The number of ether oxygens (including phenoxy) is 2. The molecule has 2 aliphatic rings. The summed E-state index contributed by atoms with van der Waals surface area (Å²) in [5, 5.41) is 0. The van der Waals surface area contributed by atoms with Crippen LogP contribution in [0.5, 0.6) is 0 Å². The highest BCUT2D eigenvalue weighted by Crippen LogP contribution is 2.48. The van der Waals surface area contributed by atoms with Crippen molar-refractivity contribution in [3.05, 3.63) is 0 Å². The van der Waals surface area contributed by atoms with Crippen molar-refractivity contribution >= 4 is 6.09 Å². The molecule has 1 heterocycles. The minimum atomic E-state index is -0.431. The van der Waals surface area contributed by atoms with Crippen LogP contribution >= 0.6 is 0 Å². The molecule has 1 unspecified atom stereocenters. The lowest BCUT2D eigenvalue weighted by Crippen LogP contribution is -2.44. The Morgan fingerprint density at radius 1 is 1.44 bits per heavy atom. The normalized spacial score (nSPS) is 25.2. The third-order valence-electron chi connectivity index (χ3n) is 3.53. The molecule has 18 heavy (non-hydrogen) atoms. The lowest BCUT2D eigenvalue weighted by atomic mass is 10.1. The number of hydrogen-bond acceptors (Lipinski definition) is 3. The number of rotatable bonds is 3. The number of amides is 1. The maximum absolute atomic E-state index is 12.2. The first-order chi connectivity index (χ1) is 8.35. The van der Waals surface area contributed by atoms with Gasteiger partial charge in [0, 0.05) is 6.54 Å². The predicted octanol–water partition coefficient (Wildman–Crippen LogP) is 2.96. The second-order valence-corrected chi connectivity index (χ2v) is 6.53. The van der Waals surface area contributed by atoms with Crippen LogP contribution in [0.25, 0.3) is 0 Å². The Balaban J connectivity index is 1.97. The molecule has 0 N–H and O–H groups in total. The van der Waals surface area contributed by atoms with E-state index in [2.05, 4.69) is 6.92 Å². The Kier molecular flexibility index (Phi) is 3.58. The molecular formula is C14H25NO3. The van der Waals surface area contributed by atoms with E-state index in [1.165, 1.54) is 0 Å². The van der Waals surface area contributed by atoms with E-state index in [0.29, 0.717) is 6.61 Å². The van der Waals surface area contributed by atoms with Crippen LogP contribution in [0.4, 0.5) is 4.79 Å². The standard InChI is InChI=1S/C14H25NO3/c1-5-8-15(12(16)18-13(2,3)4)11-9-14(6-7-14)17-10-11/h11H,5-10H2,1-4H3. The van der Waals surface area contributed by atoms with E-state index in [4.69, 9.17) is 9.47 Å². The molecule has 1 aliphatic carbocycles. The molecule has 1 spiro atoms. The quantitative estimate of drug-likeness (QED) is 0.778. The van der Waals surface area contributed by atoms with Crippen molar-refractivity contribution in [1.29, 1.82) is 0 Å². The van der Waals surface area contributed by atoms with E-state index in [1.54, 1.807) is 0 Å². The fraction of sp³-hybridized carbons (Fsp3) is 0.929. The maximum Gasteiger partial charge on any atom is 0.410 e. The van der Waals surface area contributed by atoms with Crippen molar-refractivity contribution in [2.45, 2.75) is 70.6 Å². The van der Waals surface area contributed by atoms with Crippen molar-refractivity contribution in [2.24, 2.45) is 0 Å². The van der Waals surface area contributed by atoms with E-state index in [0.717, 1.165) is 32.2 Å². The minimum absolute atomic E-state index is 0.110. The van der Waals surface area contributed by atoms with Gasteiger partial charge in [0.2, 0.25) is 0 Å². The van der Waals surface area contributed by atoms with Gasteiger partial charge in [-0.25, -0.2) is 4.79 Å². The summed E-state index contributed by atoms with van der Waals surface area (Å²) in [6, 6.07) is 0.197. The average Bonchev–Trinajstić information content (AvgIpc) is 2.84. The van der Waals surface area contributed by atoms with Gasteiger partial charge in [0.05, 0.1) is 18.2 Å². The van der Waals surface area contributed by atoms with Crippen LogP contribution in [0, 0.1) is 0 Å². The second kappa shape index (κ2) is 4.72. The first kappa shape index (κ1) is 13.7. The summed E-state index contributed by atoms with van der Waals surface area (Å²) in [7, 11) is 0. The van der Waals surface area contributed by atoms with Crippen LogP contribution in [-0.2, 0) is 9.47 Å². The highest BCUT2D eigenvalue weighted by Gasteiger charge is 2.52. The van der Waals surface area contributed by atoms with Gasteiger partial charge in [0.1, 0.15) is 5.60 Å². The summed E-state index contributed by atoms with van der Waals surface area (Å²) < 4.78 is 11.3. The highest BCUT2D eigenvalue weighted by molar-refractivity contribution is 5.68. The first-order valence-corrected chi connectivity index (χ1v) is 6.99. The molecule has 4 heteroatoms.